The van der Waals surface area contributed by atoms with E-state index in [0.29, 0.717) is 18.4 Å². The summed E-state index contributed by atoms with van der Waals surface area (Å²) in [5.74, 6) is 0.804. The van der Waals surface area contributed by atoms with Crippen LogP contribution < -0.4 is 5.32 Å². The number of nitrogens with one attached hydrogen (secondary N) is 1. The molecule has 0 radical (unpaired) electrons. The van der Waals surface area contributed by atoms with Crippen molar-refractivity contribution in [1.82, 2.24) is 10.3 Å². The van der Waals surface area contributed by atoms with E-state index in [-0.39, 0.29) is 18.6 Å². The summed E-state index contributed by atoms with van der Waals surface area (Å²) >= 11 is 1.61. The first kappa shape index (κ1) is 17.5. The van der Waals surface area contributed by atoms with Crippen LogP contribution in [-0.2, 0) is 0 Å². The van der Waals surface area contributed by atoms with Crippen LogP contribution in [0.15, 0.2) is 53.7 Å². The minimum Gasteiger partial charge on any atom is -0.396 e. The third-order valence-electron chi connectivity index (χ3n) is 3.45. The largest absolute Gasteiger partial charge is 0.396 e. The quantitative estimate of drug-likeness (QED) is 0.728. The van der Waals surface area contributed by atoms with Gasteiger partial charge in [-0.3, -0.25) is 4.79 Å². The molecule has 0 saturated carbocycles. The molecule has 4 nitrogen and oxygen atoms in total. The molecule has 1 aromatic heterocycles. The number of aliphatic hydroxyl groups is 1. The summed E-state index contributed by atoms with van der Waals surface area (Å²) in [5.41, 5.74) is 1.66. The highest BCUT2D eigenvalue weighted by Gasteiger charge is 2.15. The first-order valence-electron chi connectivity index (χ1n) is 7.80. The highest BCUT2D eigenvalue weighted by Crippen LogP contribution is 2.20. The van der Waals surface area contributed by atoms with Crippen molar-refractivity contribution in [3.05, 3.63) is 59.8 Å². The van der Waals surface area contributed by atoms with Crippen molar-refractivity contribution in [3.63, 3.8) is 0 Å². The lowest BCUT2D eigenvalue weighted by Gasteiger charge is -2.19. The third-order valence-corrected chi connectivity index (χ3v) is 4.26. The van der Waals surface area contributed by atoms with Crippen molar-refractivity contribution in [1.29, 1.82) is 0 Å². The number of aromatic nitrogens is 1. The van der Waals surface area contributed by atoms with Crippen molar-refractivity contribution >= 4 is 17.7 Å². The van der Waals surface area contributed by atoms with Crippen LogP contribution in [0.3, 0.4) is 0 Å². The second kappa shape index (κ2) is 9.33. The molecule has 1 heterocycles. The molecule has 1 atom stereocenters. The second-order valence-electron chi connectivity index (χ2n) is 5.12. The number of nitrogens with zero attached hydrogens (tertiary/aromatic N) is 1. The molecule has 0 fully saturated rings. The zero-order valence-electron chi connectivity index (χ0n) is 13.2. The summed E-state index contributed by atoms with van der Waals surface area (Å²) < 4.78 is 0. The highest BCUT2D eigenvalue weighted by molar-refractivity contribution is 7.99. The Balaban J connectivity index is 2.12. The first-order valence-corrected chi connectivity index (χ1v) is 8.78. The van der Waals surface area contributed by atoms with Gasteiger partial charge in [0.1, 0.15) is 0 Å². The summed E-state index contributed by atoms with van der Waals surface area (Å²) in [6.45, 7) is 2.17. The molecule has 0 saturated heterocycles. The summed E-state index contributed by atoms with van der Waals surface area (Å²) in [6.07, 6.45) is 3.01. The van der Waals surface area contributed by atoms with Gasteiger partial charge >= 0.3 is 0 Å². The van der Waals surface area contributed by atoms with Gasteiger partial charge in [0.05, 0.1) is 11.1 Å². The molecule has 0 aliphatic rings. The Morgan fingerprint density at radius 1 is 1.30 bits per heavy atom. The van der Waals surface area contributed by atoms with Gasteiger partial charge in [0.15, 0.2) is 0 Å². The van der Waals surface area contributed by atoms with Gasteiger partial charge < -0.3 is 10.4 Å². The van der Waals surface area contributed by atoms with Crippen LogP contribution in [0, 0.1) is 0 Å². The minimum atomic E-state index is -0.114. The van der Waals surface area contributed by atoms with E-state index in [1.54, 1.807) is 24.0 Å². The summed E-state index contributed by atoms with van der Waals surface area (Å²) in [4.78, 5) is 16.8. The normalized spacial score (nSPS) is 11.9. The number of pyridine rings is 1. The number of benzene rings is 1. The zero-order chi connectivity index (χ0) is 16.5. The van der Waals surface area contributed by atoms with Gasteiger partial charge in [-0.05, 0) is 36.3 Å². The molecule has 0 aliphatic heterocycles. The van der Waals surface area contributed by atoms with Crippen LogP contribution in [0.5, 0.6) is 0 Å². The molecule has 2 rings (SSSR count). The number of carbonyl (C=O) groups is 1. The molecule has 1 aromatic carbocycles. The zero-order valence-corrected chi connectivity index (χ0v) is 14.1. The molecular formula is C18H22N2O2S. The molecule has 2 N–H and O–H groups in total. The van der Waals surface area contributed by atoms with Crippen molar-refractivity contribution in [2.45, 2.75) is 30.8 Å². The predicted molar refractivity (Wildman–Crippen MR) is 93.6 cm³/mol. The predicted octanol–water partition coefficient (Wildman–Crippen LogP) is 3.44. The van der Waals surface area contributed by atoms with Crippen LogP contribution in [0.4, 0.5) is 0 Å². The topological polar surface area (TPSA) is 62.2 Å². The monoisotopic (exact) mass is 330 g/mol. The Hall–Kier alpha value is -1.85. The van der Waals surface area contributed by atoms with Crippen LogP contribution >= 0.6 is 11.8 Å². The number of hydrogen-bond acceptors (Lipinski definition) is 4. The van der Waals surface area contributed by atoms with E-state index in [0.717, 1.165) is 16.3 Å². The molecule has 0 spiro atoms. The van der Waals surface area contributed by atoms with Crippen molar-refractivity contribution in [2.24, 2.45) is 0 Å². The number of rotatable bonds is 8. The lowest BCUT2D eigenvalue weighted by molar-refractivity contribution is 0.0932. The Kier molecular flexibility index (Phi) is 7.10. The van der Waals surface area contributed by atoms with Crippen molar-refractivity contribution in [2.75, 3.05) is 12.4 Å². The van der Waals surface area contributed by atoms with E-state index in [1.807, 2.05) is 36.4 Å². The minimum absolute atomic E-state index is 0.105. The van der Waals surface area contributed by atoms with E-state index in [1.165, 1.54) is 0 Å². The van der Waals surface area contributed by atoms with Gasteiger partial charge in [-0.15, -0.1) is 11.8 Å². The Labute approximate surface area is 141 Å². The average Bonchev–Trinajstić information content (AvgIpc) is 2.59. The SMILES string of the molecule is CCSc1cc(C(=O)NC(CCCO)c2ccccc2)ccn1. The number of thioether (sulfide) groups is 1. The molecule has 5 heteroatoms. The third kappa shape index (κ3) is 5.37. The Morgan fingerprint density at radius 2 is 2.09 bits per heavy atom. The highest BCUT2D eigenvalue weighted by atomic mass is 32.2. The standard InChI is InChI=1S/C18H22N2O2S/c1-2-23-17-13-15(10-11-19-17)18(22)20-16(9-6-12-21)14-7-4-3-5-8-14/h3-5,7-8,10-11,13,16,21H,2,6,9,12H2,1H3,(H,20,22). The Bertz CT molecular complexity index is 619. The number of aliphatic hydroxyl groups excluding tert-OH is 1. The van der Waals surface area contributed by atoms with Crippen molar-refractivity contribution < 1.29 is 9.90 Å². The van der Waals surface area contributed by atoms with E-state index < -0.39 is 0 Å². The van der Waals surface area contributed by atoms with Gasteiger partial charge in [0, 0.05) is 18.4 Å². The van der Waals surface area contributed by atoms with E-state index in [4.69, 9.17) is 5.11 Å². The summed E-state index contributed by atoms with van der Waals surface area (Å²) in [7, 11) is 0. The van der Waals surface area contributed by atoms with Crippen LogP contribution in [0.2, 0.25) is 0 Å². The van der Waals surface area contributed by atoms with Crippen LogP contribution in [0.25, 0.3) is 0 Å². The average molecular weight is 330 g/mol. The second-order valence-corrected chi connectivity index (χ2v) is 6.40. The van der Waals surface area contributed by atoms with E-state index in [9.17, 15) is 4.79 Å². The van der Waals surface area contributed by atoms with Crippen LogP contribution in [-0.4, -0.2) is 28.4 Å². The molecule has 1 amide bonds. The van der Waals surface area contributed by atoms with E-state index in [2.05, 4.69) is 17.2 Å². The van der Waals surface area contributed by atoms with Gasteiger partial charge in [-0.25, -0.2) is 4.98 Å². The summed E-state index contributed by atoms with van der Waals surface area (Å²) in [5, 5.41) is 13.0. The van der Waals surface area contributed by atoms with Gasteiger partial charge in [-0.1, -0.05) is 37.3 Å². The van der Waals surface area contributed by atoms with Gasteiger partial charge in [0.2, 0.25) is 0 Å². The van der Waals surface area contributed by atoms with Crippen molar-refractivity contribution in [3.8, 4) is 0 Å². The Morgan fingerprint density at radius 3 is 2.78 bits per heavy atom. The molecule has 2 aromatic rings. The number of hydrogen-bond donors (Lipinski definition) is 2. The number of amides is 1. The van der Waals surface area contributed by atoms with Gasteiger partial charge in [-0.2, -0.15) is 0 Å². The maximum atomic E-state index is 12.5. The molecule has 122 valence electrons. The maximum absolute atomic E-state index is 12.5. The molecule has 0 aliphatic carbocycles. The summed E-state index contributed by atoms with van der Waals surface area (Å²) in [6, 6.07) is 13.3. The maximum Gasteiger partial charge on any atom is 0.251 e. The van der Waals surface area contributed by atoms with Crippen LogP contribution in [0.1, 0.15) is 41.7 Å². The van der Waals surface area contributed by atoms with Gasteiger partial charge in [0.25, 0.3) is 5.91 Å². The first-order chi connectivity index (χ1) is 11.2. The fourth-order valence-corrected chi connectivity index (χ4v) is 2.96. The fourth-order valence-electron chi connectivity index (χ4n) is 2.32. The fraction of sp³-hybridized carbons (Fsp3) is 0.333. The lowest BCUT2D eigenvalue weighted by Crippen LogP contribution is -2.28. The smallest absolute Gasteiger partial charge is 0.251 e. The molecule has 0 bridgehead atoms. The number of carbonyl (C=O) groups excluding carboxylic acids is 1. The molecule has 23 heavy (non-hydrogen) atoms. The van der Waals surface area contributed by atoms with E-state index >= 15 is 0 Å². The molecular weight excluding hydrogens is 308 g/mol. The lowest BCUT2D eigenvalue weighted by atomic mass is 10.0. The molecule has 1 unspecified atom stereocenters.